The van der Waals surface area contributed by atoms with Gasteiger partial charge in [-0.2, -0.15) is 52.7 Å². The summed E-state index contributed by atoms with van der Waals surface area (Å²) in [7, 11) is -5.65. The van der Waals surface area contributed by atoms with Crippen molar-refractivity contribution < 1.29 is 71.2 Å². The monoisotopic (exact) mass is 772 g/mol. The summed E-state index contributed by atoms with van der Waals surface area (Å²) in [4.78, 5) is 11.1. The van der Waals surface area contributed by atoms with Gasteiger partial charge in [-0.15, -0.1) is 0 Å². The fraction of sp³-hybridized carbons (Fsp3) is 0.111. The van der Waals surface area contributed by atoms with Gasteiger partial charge in [-0.1, -0.05) is 60.7 Å². The first-order valence-electron chi connectivity index (χ1n) is 15.0. The Kier molecular flexibility index (Phi) is 8.12. The summed E-state index contributed by atoms with van der Waals surface area (Å²) >= 11 is 0. The number of rotatable bonds is 2. The van der Waals surface area contributed by atoms with Crippen LogP contribution in [0.25, 0.3) is 54.9 Å². The molecule has 7 rings (SSSR count). The van der Waals surface area contributed by atoms with Crippen LogP contribution in [0.2, 0.25) is 0 Å². The summed E-state index contributed by atoms with van der Waals surface area (Å²) in [6.45, 7) is 0. The number of phosphoric ester groups is 1. The minimum atomic E-state index is -5.65. The van der Waals surface area contributed by atoms with Crippen molar-refractivity contribution in [3.8, 4) is 44.9 Å². The van der Waals surface area contributed by atoms with Crippen LogP contribution in [0.5, 0.6) is 11.5 Å². The zero-order valence-corrected chi connectivity index (χ0v) is 26.8. The van der Waals surface area contributed by atoms with Gasteiger partial charge in [-0.3, -0.25) is 4.89 Å². The predicted molar refractivity (Wildman–Crippen MR) is 169 cm³/mol. The van der Waals surface area contributed by atoms with Crippen molar-refractivity contribution in [3.63, 3.8) is 0 Å². The first-order chi connectivity index (χ1) is 24.5. The molecule has 1 aliphatic rings. The van der Waals surface area contributed by atoms with Crippen LogP contribution in [0.3, 0.4) is 0 Å². The Labute approximate surface area is 289 Å². The average Bonchev–Trinajstić information content (AvgIpc) is 3.18. The molecule has 53 heavy (non-hydrogen) atoms. The Morgan fingerprint density at radius 1 is 0.453 bits per heavy atom. The van der Waals surface area contributed by atoms with E-state index in [4.69, 9.17) is 9.05 Å². The summed E-state index contributed by atoms with van der Waals surface area (Å²) < 4.78 is 193. The second-order valence-electron chi connectivity index (χ2n) is 11.9. The normalized spacial score (nSPS) is 14.7. The van der Waals surface area contributed by atoms with E-state index in [0.29, 0.717) is 24.3 Å². The van der Waals surface area contributed by atoms with Crippen LogP contribution in [0.4, 0.5) is 52.7 Å². The Morgan fingerprint density at radius 2 is 0.811 bits per heavy atom. The van der Waals surface area contributed by atoms with E-state index < -0.39 is 88.5 Å². The van der Waals surface area contributed by atoms with Crippen molar-refractivity contribution >= 4 is 29.4 Å². The molecule has 0 aromatic heterocycles. The summed E-state index contributed by atoms with van der Waals surface area (Å²) in [5, 5.41) is 0.394. The highest BCUT2D eigenvalue weighted by molar-refractivity contribution is 7.48. The SMILES string of the molecule is O=P1(O)Oc2c(-c3ccc(C(F)(F)F)cc3C(F)(F)F)cc3ccccc3c2-c2c(c(-c3ccc(C(F)(F)F)cc3C(F)(F)F)cc3ccccc23)O1. The van der Waals surface area contributed by atoms with Gasteiger partial charge < -0.3 is 9.05 Å². The first kappa shape index (κ1) is 36.2. The molecule has 0 saturated carbocycles. The lowest BCUT2D eigenvalue weighted by Gasteiger charge is -2.21. The second-order valence-corrected chi connectivity index (χ2v) is 13.2. The largest absolute Gasteiger partial charge is 0.584 e. The van der Waals surface area contributed by atoms with Gasteiger partial charge in [0.15, 0.2) is 0 Å². The quantitative estimate of drug-likeness (QED) is 0.141. The third-order valence-corrected chi connectivity index (χ3v) is 9.38. The van der Waals surface area contributed by atoms with E-state index in [0.717, 1.165) is 12.1 Å². The minimum Gasteiger partial charge on any atom is -0.394 e. The topological polar surface area (TPSA) is 55.8 Å². The smallest absolute Gasteiger partial charge is 0.394 e. The molecule has 0 atom stereocenters. The predicted octanol–water partition coefficient (Wildman–Crippen LogP) is 12.9. The van der Waals surface area contributed by atoms with E-state index in [9.17, 15) is 62.1 Å². The lowest BCUT2D eigenvalue weighted by molar-refractivity contribution is -0.144. The van der Waals surface area contributed by atoms with Crippen LogP contribution >= 0.6 is 7.82 Å². The van der Waals surface area contributed by atoms with Crippen molar-refractivity contribution in [2.75, 3.05) is 0 Å². The van der Waals surface area contributed by atoms with E-state index in [-0.39, 0.29) is 44.8 Å². The summed E-state index contributed by atoms with van der Waals surface area (Å²) in [5.74, 6) is -1.60. The van der Waals surface area contributed by atoms with Crippen molar-refractivity contribution in [2.24, 2.45) is 0 Å². The highest BCUT2D eigenvalue weighted by atomic mass is 31.2. The molecule has 1 heterocycles. The maximum absolute atomic E-state index is 14.5. The first-order valence-corrected chi connectivity index (χ1v) is 16.5. The van der Waals surface area contributed by atoms with Gasteiger partial charge in [0.25, 0.3) is 0 Å². The Balaban J connectivity index is 1.67. The molecular weight excluding hydrogens is 755 g/mol. The van der Waals surface area contributed by atoms with Crippen molar-refractivity contribution in [2.45, 2.75) is 24.7 Å². The molecule has 0 spiro atoms. The van der Waals surface area contributed by atoms with E-state index in [1.54, 1.807) is 0 Å². The third-order valence-electron chi connectivity index (χ3n) is 8.55. The number of hydrogen-bond acceptors (Lipinski definition) is 3. The van der Waals surface area contributed by atoms with Gasteiger partial charge >= 0.3 is 32.5 Å². The Bertz CT molecular complexity index is 2350. The number of hydrogen-bond donors (Lipinski definition) is 1. The van der Waals surface area contributed by atoms with Crippen molar-refractivity contribution in [1.82, 2.24) is 0 Å². The number of phosphoric acid groups is 1. The summed E-state index contributed by atoms with van der Waals surface area (Å²) in [6, 6.07) is 15.0. The van der Waals surface area contributed by atoms with Crippen LogP contribution in [0, 0.1) is 0 Å². The van der Waals surface area contributed by atoms with Crippen molar-refractivity contribution in [3.05, 3.63) is 119 Å². The Hall–Kier alpha value is -5.21. The van der Waals surface area contributed by atoms with Gasteiger partial charge in [0.05, 0.1) is 22.3 Å². The fourth-order valence-electron chi connectivity index (χ4n) is 6.37. The average molecular weight is 772 g/mol. The molecule has 0 unspecified atom stereocenters. The maximum atomic E-state index is 14.5. The molecule has 274 valence electrons. The molecule has 17 heteroatoms. The highest BCUT2D eigenvalue weighted by Crippen LogP contribution is 2.62. The minimum absolute atomic E-state index is 0.0873. The van der Waals surface area contributed by atoms with E-state index in [2.05, 4.69) is 0 Å². The fourth-order valence-corrected chi connectivity index (χ4v) is 7.25. The third kappa shape index (κ3) is 6.43. The van der Waals surface area contributed by atoms with E-state index >= 15 is 0 Å². The lowest BCUT2D eigenvalue weighted by atomic mass is 9.85. The maximum Gasteiger partial charge on any atom is 0.584 e. The zero-order valence-electron chi connectivity index (χ0n) is 25.9. The molecule has 4 nitrogen and oxygen atoms in total. The highest BCUT2D eigenvalue weighted by Gasteiger charge is 2.44. The Morgan fingerprint density at radius 3 is 1.15 bits per heavy atom. The number of alkyl halides is 12. The lowest BCUT2D eigenvalue weighted by Crippen LogP contribution is -2.12. The van der Waals surface area contributed by atoms with Gasteiger partial charge in [0.2, 0.25) is 0 Å². The number of fused-ring (bicyclic) bond motifs is 7. The second kappa shape index (κ2) is 11.9. The number of halogens is 12. The van der Waals surface area contributed by atoms with Crippen LogP contribution < -0.4 is 9.05 Å². The van der Waals surface area contributed by atoms with Gasteiger partial charge in [-0.05, 0) is 69.1 Å². The van der Waals surface area contributed by atoms with Crippen LogP contribution in [-0.4, -0.2) is 4.89 Å². The molecule has 0 fully saturated rings. The number of benzene rings is 6. The zero-order chi connectivity index (χ0) is 38.5. The molecule has 1 aliphatic heterocycles. The molecule has 0 amide bonds. The van der Waals surface area contributed by atoms with Crippen LogP contribution in [0.1, 0.15) is 22.3 Å². The molecule has 1 N–H and O–H groups in total. The molecule has 0 radical (unpaired) electrons. The molecule has 6 aromatic carbocycles. The van der Waals surface area contributed by atoms with Crippen molar-refractivity contribution in [1.29, 1.82) is 0 Å². The standard InChI is InChI=1S/C36H17F12O4P/c37-33(38,39)19-9-11-23(27(15-19)35(43,44)45)25-13-17-5-1-3-7-21(17)29-30-22-8-4-2-6-18(22)14-26(32(30)52-53(49,50)51-31(25)29)24-12-10-20(34(40,41)42)16-28(24)36(46,47)48/h1-16H,(H,49,50). The summed E-state index contributed by atoms with van der Waals surface area (Å²) in [5.41, 5.74) is -10.6. The summed E-state index contributed by atoms with van der Waals surface area (Å²) in [6.07, 6.45) is -21.3. The molecule has 0 saturated heterocycles. The van der Waals surface area contributed by atoms with Gasteiger partial charge in [0.1, 0.15) is 11.5 Å². The van der Waals surface area contributed by atoms with Crippen LogP contribution in [-0.2, 0) is 29.3 Å². The molecule has 0 bridgehead atoms. The van der Waals surface area contributed by atoms with E-state index in [1.807, 2.05) is 0 Å². The van der Waals surface area contributed by atoms with Gasteiger partial charge in [-0.25, -0.2) is 4.57 Å². The van der Waals surface area contributed by atoms with Crippen LogP contribution in [0.15, 0.2) is 97.1 Å². The molecule has 0 aliphatic carbocycles. The van der Waals surface area contributed by atoms with Gasteiger partial charge in [0, 0.05) is 22.3 Å². The van der Waals surface area contributed by atoms with E-state index in [1.165, 1.54) is 48.5 Å². The molecule has 6 aromatic rings. The molecular formula is C36H17F12O4P.